The molecule has 118 valence electrons. The molecule has 22 heavy (non-hydrogen) atoms. The number of amides is 2. The highest BCUT2D eigenvalue weighted by molar-refractivity contribution is 5.93. The van der Waals surface area contributed by atoms with E-state index in [0.717, 1.165) is 17.6 Å². The third-order valence-electron chi connectivity index (χ3n) is 3.38. The second kappa shape index (κ2) is 6.22. The summed E-state index contributed by atoms with van der Waals surface area (Å²) < 4.78 is 5.37. The van der Waals surface area contributed by atoms with E-state index >= 15 is 0 Å². The Hall–Kier alpha value is -2.30. The van der Waals surface area contributed by atoms with Gasteiger partial charge in [-0.15, -0.1) is 0 Å². The van der Waals surface area contributed by atoms with Gasteiger partial charge in [0.25, 0.3) is 0 Å². The third-order valence-corrected chi connectivity index (χ3v) is 3.38. The Bertz CT molecular complexity index is 615. The SMILES string of the molecule is CC(C)(C)OC(=O)N1CC=C(c2cccc(C(N)=O)c2)CC1. The van der Waals surface area contributed by atoms with Crippen molar-refractivity contribution >= 4 is 17.6 Å². The predicted octanol–water partition coefficient (Wildman–Crippen LogP) is 2.81. The first-order chi connectivity index (χ1) is 10.3. The molecule has 0 saturated carbocycles. The highest BCUT2D eigenvalue weighted by Crippen LogP contribution is 2.24. The van der Waals surface area contributed by atoms with E-state index in [1.807, 2.05) is 39.0 Å². The van der Waals surface area contributed by atoms with Crippen LogP contribution in [0.4, 0.5) is 4.79 Å². The number of ether oxygens (including phenoxy) is 1. The van der Waals surface area contributed by atoms with E-state index in [0.29, 0.717) is 18.7 Å². The van der Waals surface area contributed by atoms with Gasteiger partial charge in [0.05, 0.1) is 0 Å². The van der Waals surface area contributed by atoms with Gasteiger partial charge >= 0.3 is 6.09 Å². The van der Waals surface area contributed by atoms with Crippen molar-refractivity contribution in [2.45, 2.75) is 32.8 Å². The van der Waals surface area contributed by atoms with Gasteiger partial charge in [-0.1, -0.05) is 18.2 Å². The first-order valence-corrected chi connectivity index (χ1v) is 7.33. The first kappa shape index (κ1) is 16.1. The maximum atomic E-state index is 12.0. The lowest BCUT2D eigenvalue weighted by molar-refractivity contribution is 0.0270. The number of hydrogen-bond acceptors (Lipinski definition) is 3. The summed E-state index contributed by atoms with van der Waals surface area (Å²) in [6, 6.07) is 7.25. The molecule has 1 aromatic rings. The van der Waals surface area contributed by atoms with E-state index in [1.165, 1.54) is 0 Å². The van der Waals surface area contributed by atoms with Crippen LogP contribution in [0.25, 0.3) is 5.57 Å². The fourth-order valence-corrected chi connectivity index (χ4v) is 2.30. The molecule has 0 unspecified atom stereocenters. The number of nitrogens with zero attached hydrogens (tertiary/aromatic N) is 1. The molecule has 0 aliphatic carbocycles. The molecular weight excluding hydrogens is 280 g/mol. The van der Waals surface area contributed by atoms with E-state index in [4.69, 9.17) is 10.5 Å². The summed E-state index contributed by atoms with van der Waals surface area (Å²) >= 11 is 0. The summed E-state index contributed by atoms with van der Waals surface area (Å²) in [5, 5.41) is 0. The fourth-order valence-electron chi connectivity index (χ4n) is 2.30. The Morgan fingerprint density at radius 2 is 2.00 bits per heavy atom. The van der Waals surface area contributed by atoms with Crippen molar-refractivity contribution in [2.24, 2.45) is 5.73 Å². The Labute approximate surface area is 130 Å². The molecule has 1 heterocycles. The molecule has 2 rings (SSSR count). The Morgan fingerprint density at radius 1 is 1.27 bits per heavy atom. The van der Waals surface area contributed by atoms with Crippen molar-refractivity contribution in [1.82, 2.24) is 4.90 Å². The second-order valence-corrected chi connectivity index (χ2v) is 6.35. The van der Waals surface area contributed by atoms with Crippen LogP contribution in [0.3, 0.4) is 0 Å². The highest BCUT2D eigenvalue weighted by Gasteiger charge is 2.23. The van der Waals surface area contributed by atoms with E-state index in [2.05, 4.69) is 0 Å². The number of benzene rings is 1. The van der Waals surface area contributed by atoms with Gasteiger partial charge < -0.3 is 15.4 Å². The van der Waals surface area contributed by atoms with Crippen molar-refractivity contribution in [2.75, 3.05) is 13.1 Å². The van der Waals surface area contributed by atoms with Gasteiger partial charge in [0, 0.05) is 18.7 Å². The minimum absolute atomic E-state index is 0.298. The summed E-state index contributed by atoms with van der Waals surface area (Å²) in [7, 11) is 0. The van der Waals surface area contributed by atoms with Crippen LogP contribution in [-0.2, 0) is 4.74 Å². The molecule has 5 heteroatoms. The number of rotatable bonds is 2. The van der Waals surface area contributed by atoms with Crippen molar-refractivity contribution in [1.29, 1.82) is 0 Å². The molecule has 2 N–H and O–H groups in total. The normalized spacial score (nSPS) is 15.2. The van der Waals surface area contributed by atoms with E-state index in [1.54, 1.807) is 17.0 Å². The fraction of sp³-hybridized carbons (Fsp3) is 0.412. The zero-order valence-electron chi connectivity index (χ0n) is 13.3. The van der Waals surface area contributed by atoms with Crippen molar-refractivity contribution in [3.63, 3.8) is 0 Å². The Balaban J connectivity index is 2.07. The van der Waals surface area contributed by atoms with Gasteiger partial charge in [-0.05, 0) is 50.5 Å². The van der Waals surface area contributed by atoms with Crippen molar-refractivity contribution < 1.29 is 14.3 Å². The molecule has 1 aromatic carbocycles. The quantitative estimate of drug-likeness (QED) is 0.913. The minimum Gasteiger partial charge on any atom is -0.444 e. The lowest BCUT2D eigenvalue weighted by Gasteiger charge is -2.29. The summed E-state index contributed by atoms with van der Waals surface area (Å²) in [6.07, 6.45) is 2.42. The molecule has 2 amide bonds. The van der Waals surface area contributed by atoms with Crippen LogP contribution in [0.1, 0.15) is 43.1 Å². The van der Waals surface area contributed by atoms with Crippen LogP contribution in [-0.4, -0.2) is 35.6 Å². The Morgan fingerprint density at radius 3 is 2.55 bits per heavy atom. The monoisotopic (exact) mass is 302 g/mol. The van der Waals surface area contributed by atoms with E-state index in [9.17, 15) is 9.59 Å². The number of nitrogens with two attached hydrogens (primary N) is 1. The third kappa shape index (κ3) is 4.10. The number of carbonyl (C=O) groups is 2. The van der Waals surface area contributed by atoms with Crippen LogP contribution < -0.4 is 5.73 Å². The van der Waals surface area contributed by atoms with Crippen LogP contribution >= 0.6 is 0 Å². The average Bonchev–Trinajstić information content (AvgIpc) is 2.46. The van der Waals surface area contributed by atoms with Gasteiger partial charge in [0.15, 0.2) is 0 Å². The number of primary amides is 1. The standard InChI is InChI=1S/C17H22N2O3/c1-17(2,3)22-16(21)19-9-7-12(8-10-19)13-5-4-6-14(11-13)15(18)20/h4-7,11H,8-10H2,1-3H3,(H2,18,20). The second-order valence-electron chi connectivity index (χ2n) is 6.35. The molecule has 5 nitrogen and oxygen atoms in total. The zero-order valence-corrected chi connectivity index (χ0v) is 13.3. The summed E-state index contributed by atoms with van der Waals surface area (Å²) in [6.45, 7) is 6.66. The number of carbonyl (C=O) groups excluding carboxylic acids is 2. The number of hydrogen-bond donors (Lipinski definition) is 1. The van der Waals surface area contributed by atoms with Crippen molar-refractivity contribution in [3.8, 4) is 0 Å². The average molecular weight is 302 g/mol. The molecule has 0 bridgehead atoms. The molecule has 1 aliphatic rings. The maximum absolute atomic E-state index is 12.0. The Kier molecular flexibility index (Phi) is 4.54. The van der Waals surface area contributed by atoms with Crippen LogP contribution in [0.5, 0.6) is 0 Å². The first-order valence-electron chi connectivity index (χ1n) is 7.33. The van der Waals surface area contributed by atoms with Gasteiger partial charge in [-0.3, -0.25) is 4.79 Å². The molecule has 0 radical (unpaired) electrons. The summed E-state index contributed by atoms with van der Waals surface area (Å²) in [4.78, 5) is 24.9. The lowest BCUT2D eigenvalue weighted by atomic mass is 9.98. The smallest absolute Gasteiger partial charge is 0.410 e. The molecule has 0 saturated heterocycles. The van der Waals surface area contributed by atoms with Gasteiger partial charge in [-0.2, -0.15) is 0 Å². The maximum Gasteiger partial charge on any atom is 0.410 e. The summed E-state index contributed by atoms with van der Waals surface area (Å²) in [5.74, 6) is -0.436. The molecule has 0 spiro atoms. The van der Waals surface area contributed by atoms with Gasteiger partial charge in [0.1, 0.15) is 5.60 Å². The topological polar surface area (TPSA) is 72.6 Å². The molecule has 1 aliphatic heterocycles. The van der Waals surface area contributed by atoms with Gasteiger partial charge in [-0.25, -0.2) is 4.79 Å². The summed E-state index contributed by atoms with van der Waals surface area (Å²) in [5.41, 5.74) is 7.40. The van der Waals surface area contributed by atoms with E-state index in [-0.39, 0.29) is 6.09 Å². The molecule has 0 aromatic heterocycles. The van der Waals surface area contributed by atoms with Crippen LogP contribution in [0, 0.1) is 0 Å². The van der Waals surface area contributed by atoms with Crippen molar-refractivity contribution in [3.05, 3.63) is 41.5 Å². The zero-order chi connectivity index (χ0) is 16.3. The van der Waals surface area contributed by atoms with Gasteiger partial charge in [0.2, 0.25) is 5.91 Å². The van der Waals surface area contributed by atoms with Crippen LogP contribution in [0.15, 0.2) is 30.3 Å². The largest absolute Gasteiger partial charge is 0.444 e. The predicted molar refractivity (Wildman–Crippen MR) is 85.4 cm³/mol. The molecule has 0 atom stereocenters. The minimum atomic E-state index is -0.489. The van der Waals surface area contributed by atoms with E-state index < -0.39 is 11.5 Å². The molecular formula is C17H22N2O3. The highest BCUT2D eigenvalue weighted by atomic mass is 16.6. The lowest BCUT2D eigenvalue weighted by Crippen LogP contribution is -2.39. The molecule has 0 fully saturated rings. The van der Waals surface area contributed by atoms with Crippen LogP contribution in [0.2, 0.25) is 0 Å².